The Hall–Kier alpha value is -1.66. The van der Waals surface area contributed by atoms with E-state index in [-0.39, 0.29) is 12.3 Å². The first-order valence-corrected chi connectivity index (χ1v) is 7.12. The molecule has 0 aliphatic rings. The Morgan fingerprint density at radius 2 is 2.42 bits per heavy atom. The Balaban J connectivity index is 2.13. The number of carbonyl (C=O) groups excluding carboxylic acids is 1. The number of amides is 1. The molecule has 0 unspecified atom stereocenters. The van der Waals surface area contributed by atoms with E-state index in [1.807, 2.05) is 19.2 Å². The molecular formula is C12H11ClN4OS. The summed E-state index contributed by atoms with van der Waals surface area (Å²) >= 11 is 7.08. The molecule has 0 bridgehead atoms. The number of hydrogen-bond acceptors (Lipinski definition) is 4. The van der Waals surface area contributed by atoms with Gasteiger partial charge in [0.05, 0.1) is 10.2 Å². The van der Waals surface area contributed by atoms with Crippen LogP contribution in [0.1, 0.15) is 6.42 Å². The van der Waals surface area contributed by atoms with Crippen LogP contribution in [-0.2, 0) is 11.8 Å². The van der Waals surface area contributed by atoms with Gasteiger partial charge in [-0.15, -0.1) is 22.9 Å². The van der Waals surface area contributed by atoms with Gasteiger partial charge in [-0.2, -0.15) is 5.10 Å². The van der Waals surface area contributed by atoms with Gasteiger partial charge in [0.15, 0.2) is 5.82 Å². The number of alkyl halides is 1. The quantitative estimate of drug-likeness (QED) is 0.756. The van der Waals surface area contributed by atoms with Crippen molar-refractivity contribution in [2.24, 2.45) is 7.05 Å². The number of fused-ring (bicyclic) bond motifs is 3. The smallest absolute Gasteiger partial charge is 0.226 e. The highest BCUT2D eigenvalue weighted by Gasteiger charge is 2.16. The largest absolute Gasteiger partial charge is 0.308 e. The number of pyridine rings is 1. The number of aryl methyl sites for hydroxylation is 1. The molecule has 3 rings (SSSR count). The standard InChI is InChI=1S/C12H11ClN4OS/c1-17-9-7-3-2-6-14-12(7)19-10(9)11(16-17)15-8(18)4-5-13/h2-3,6H,4-5H2,1H3,(H,15,16,18). The molecule has 3 aromatic rings. The molecule has 0 aliphatic carbocycles. The molecule has 1 N–H and O–H groups in total. The van der Waals surface area contributed by atoms with Crippen molar-refractivity contribution in [1.29, 1.82) is 0 Å². The topological polar surface area (TPSA) is 59.8 Å². The Labute approximate surface area is 118 Å². The molecule has 1 amide bonds. The molecule has 0 fully saturated rings. The maximum absolute atomic E-state index is 11.6. The maximum atomic E-state index is 11.6. The highest BCUT2D eigenvalue weighted by atomic mass is 35.5. The van der Waals surface area contributed by atoms with Crippen LogP contribution >= 0.6 is 22.9 Å². The normalized spacial score (nSPS) is 11.3. The number of halogens is 1. The van der Waals surface area contributed by atoms with Gasteiger partial charge in [0, 0.05) is 30.9 Å². The number of thiophene rings is 1. The first-order valence-electron chi connectivity index (χ1n) is 5.76. The molecule has 3 heterocycles. The van der Waals surface area contributed by atoms with Gasteiger partial charge in [-0.1, -0.05) is 0 Å². The van der Waals surface area contributed by atoms with Crippen LogP contribution in [0.4, 0.5) is 5.82 Å². The van der Waals surface area contributed by atoms with Crippen molar-refractivity contribution < 1.29 is 4.79 Å². The summed E-state index contributed by atoms with van der Waals surface area (Å²) in [6.07, 6.45) is 2.04. The zero-order chi connectivity index (χ0) is 13.4. The van der Waals surface area contributed by atoms with Crippen molar-refractivity contribution in [3.63, 3.8) is 0 Å². The number of hydrogen-bond donors (Lipinski definition) is 1. The van der Waals surface area contributed by atoms with E-state index in [1.165, 1.54) is 11.3 Å². The Kier molecular flexibility index (Phi) is 3.12. The minimum atomic E-state index is -0.125. The molecular weight excluding hydrogens is 284 g/mol. The van der Waals surface area contributed by atoms with Crippen molar-refractivity contribution in [2.75, 3.05) is 11.2 Å². The predicted molar refractivity (Wildman–Crippen MR) is 77.9 cm³/mol. The summed E-state index contributed by atoms with van der Waals surface area (Å²) in [5, 5.41) is 8.19. The van der Waals surface area contributed by atoms with Gasteiger partial charge >= 0.3 is 0 Å². The SMILES string of the molecule is Cn1nc(NC(=O)CCCl)c2sc3ncccc3c21. The van der Waals surface area contributed by atoms with E-state index >= 15 is 0 Å². The molecule has 19 heavy (non-hydrogen) atoms. The van der Waals surface area contributed by atoms with E-state index in [0.29, 0.717) is 11.7 Å². The molecule has 0 aliphatic heterocycles. The molecule has 98 valence electrons. The van der Waals surface area contributed by atoms with Gasteiger partial charge < -0.3 is 5.32 Å². The number of rotatable bonds is 3. The fourth-order valence-corrected chi connectivity index (χ4v) is 3.29. The summed E-state index contributed by atoms with van der Waals surface area (Å²) in [5.41, 5.74) is 0.995. The van der Waals surface area contributed by atoms with Crippen LogP contribution in [-0.4, -0.2) is 26.6 Å². The number of anilines is 1. The van der Waals surface area contributed by atoms with Crippen LogP contribution < -0.4 is 5.32 Å². The van der Waals surface area contributed by atoms with E-state index in [0.717, 1.165) is 20.4 Å². The lowest BCUT2D eigenvalue weighted by molar-refractivity contribution is -0.115. The van der Waals surface area contributed by atoms with Gasteiger partial charge in [0.25, 0.3) is 0 Å². The van der Waals surface area contributed by atoms with Crippen LogP contribution in [0.2, 0.25) is 0 Å². The van der Waals surface area contributed by atoms with Crippen LogP contribution in [0.5, 0.6) is 0 Å². The summed E-state index contributed by atoms with van der Waals surface area (Å²) in [4.78, 5) is 16.9. The molecule has 0 radical (unpaired) electrons. The van der Waals surface area contributed by atoms with Crippen LogP contribution in [0.25, 0.3) is 20.4 Å². The Morgan fingerprint density at radius 1 is 1.58 bits per heavy atom. The summed E-state index contributed by atoms with van der Waals surface area (Å²) < 4.78 is 2.71. The molecule has 7 heteroatoms. The van der Waals surface area contributed by atoms with Crippen molar-refractivity contribution >= 4 is 55.1 Å². The maximum Gasteiger partial charge on any atom is 0.226 e. The monoisotopic (exact) mass is 294 g/mol. The molecule has 3 aromatic heterocycles. The summed E-state index contributed by atoms with van der Waals surface area (Å²) in [6.45, 7) is 0. The van der Waals surface area contributed by atoms with Gasteiger partial charge in [0.2, 0.25) is 5.91 Å². The minimum Gasteiger partial charge on any atom is -0.308 e. The second-order valence-corrected chi connectivity index (χ2v) is 5.47. The van der Waals surface area contributed by atoms with Gasteiger partial charge in [-0.05, 0) is 12.1 Å². The summed E-state index contributed by atoms with van der Waals surface area (Å²) in [7, 11) is 1.86. The Morgan fingerprint density at radius 3 is 3.21 bits per heavy atom. The minimum absolute atomic E-state index is 0.125. The fourth-order valence-electron chi connectivity index (χ4n) is 2.01. The van der Waals surface area contributed by atoms with Crippen LogP contribution in [0.15, 0.2) is 18.3 Å². The van der Waals surface area contributed by atoms with Crippen molar-refractivity contribution in [2.45, 2.75) is 6.42 Å². The average molecular weight is 295 g/mol. The van der Waals surface area contributed by atoms with Gasteiger partial charge in [-0.25, -0.2) is 4.98 Å². The molecule has 0 spiro atoms. The molecule has 0 saturated heterocycles. The lowest BCUT2D eigenvalue weighted by atomic mass is 10.3. The third kappa shape index (κ3) is 2.06. The summed E-state index contributed by atoms with van der Waals surface area (Å²) in [6, 6.07) is 3.90. The second-order valence-electron chi connectivity index (χ2n) is 4.10. The van der Waals surface area contributed by atoms with E-state index in [9.17, 15) is 4.79 Å². The third-order valence-electron chi connectivity index (χ3n) is 2.81. The number of nitrogens with zero attached hydrogens (tertiary/aromatic N) is 3. The fraction of sp³-hybridized carbons (Fsp3) is 0.250. The third-order valence-corrected chi connectivity index (χ3v) is 4.11. The first-order chi connectivity index (χ1) is 9.20. The van der Waals surface area contributed by atoms with Crippen molar-refractivity contribution in [3.05, 3.63) is 18.3 Å². The number of aromatic nitrogens is 3. The molecule has 0 saturated carbocycles. The van der Waals surface area contributed by atoms with E-state index < -0.39 is 0 Å². The second kappa shape index (κ2) is 4.79. The highest BCUT2D eigenvalue weighted by Crippen LogP contribution is 2.36. The predicted octanol–water partition coefficient (Wildman–Crippen LogP) is 2.75. The van der Waals surface area contributed by atoms with E-state index in [1.54, 1.807) is 10.9 Å². The van der Waals surface area contributed by atoms with E-state index in [4.69, 9.17) is 11.6 Å². The molecule has 0 aromatic carbocycles. The van der Waals surface area contributed by atoms with Crippen LogP contribution in [0.3, 0.4) is 0 Å². The molecule has 5 nitrogen and oxygen atoms in total. The molecule has 0 atom stereocenters. The average Bonchev–Trinajstić information content (AvgIpc) is 2.89. The van der Waals surface area contributed by atoms with E-state index in [2.05, 4.69) is 15.4 Å². The van der Waals surface area contributed by atoms with Gasteiger partial charge in [0.1, 0.15) is 4.83 Å². The van der Waals surface area contributed by atoms with Crippen molar-refractivity contribution in [3.8, 4) is 0 Å². The zero-order valence-electron chi connectivity index (χ0n) is 10.2. The number of nitrogens with one attached hydrogen (secondary N) is 1. The zero-order valence-corrected chi connectivity index (χ0v) is 11.8. The number of carbonyl (C=O) groups is 1. The van der Waals surface area contributed by atoms with Crippen LogP contribution in [0, 0.1) is 0 Å². The highest BCUT2D eigenvalue weighted by molar-refractivity contribution is 7.26. The Bertz CT molecular complexity index is 764. The van der Waals surface area contributed by atoms with Gasteiger partial charge in [-0.3, -0.25) is 9.48 Å². The van der Waals surface area contributed by atoms with Crippen molar-refractivity contribution in [1.82, 2.24) is 14.8 Å². The summed E-state index contributed by atoms with van der Waals surface area (Å²) in [5.74, 6) is 0.756. The first kappa shape index (κ1) is 12.4. The lowest BCUT2D eigenvalue weighted by Crippen LogP contribution is -2.12. The lowest BCUT2D eigenvalue weighted by Gasteiger charge is -1.98.